The standard InChI is InChI=1S/C19H12Cl4O5S/c20-12-5-2-1-4-10(12)19(29(26,27)28,16-13(21)6-3-7-14(16)22)11-8-9-15(23)18(25)17(11)24/h1-9,24-25H,(H,26,27,28). The second-order valence-corrected chi connectivity index (χ2v) is 9.22. The molecule has 3 aromatic carbocycles. The summed E-state index contributed by atoms with van der Waals surface area (Å²) in [5.74, 6) is -1.67. The summed E-state index contributed by atoms with van der Waals surface area (Å²) in [5.41, 5.74) is -0.836. The number of phenolic OH excluding ortho intramolecular Hbond substituents is 2. The van der Waals surface area contributed by atoms with Crippen LogP contribution in [0.25, 0.3) is 0 Å². The van der Waals surface area contributed by atoms with Crippen molar-refractivity contribution in [2.45, 2.75) is 4.75 Å². The lowest BCUT2D eigenvalue weighted by Gasteiger charge is -2.35. The van der Waals surface area contributed by atoms with Gasteiger partial charge in [-0.2, -0.15) is 8.42 Å². The highest BCUT2D eigenvalue weighted by atomic mass is 35.5. The third-order valence-corrected chi connectivity index (χ3v) is 7.12. The summed E-state index contributed by atoms with van der Waals surface area (Å²) >= 11 is 24.8. The van der Waals surface area contributed by atoms with Gasteiger partial charge in [-0.3, -0.25) is 4.55 Å². The topological polar surface area (TPSA) is 94.8 Å². The molecule has 5 nitrogen and oxygen atoms in total. The van der Waals surface area contributed by atoms with Gasteiger partial charge in [-0.15, -0.1) is 0 Å². The van der Waals surface area contributed by atoms with Crippen LogP contribution in [-0.2, 0) is 14.9 Å². The van der Waals surface area contributed by atoms with E-state index < -0.39 is 31.9 Å². The molecule has 3 N–H and O–H groups in total. The maximum absolute atomic E-state index is 13.0. The molecule has 0 heterocycles. The van der Waals surface area contributed by atoms with Crippen LogP contribution in [0.15, 0.2) is 54.6 Å². The van der Waals surface area contributed by atoms with Gasteiger partial charge in [0, 0.05) is 31.8 Å². The molecule has 0 spiro atoms. The first-order chi connectivity index (χ1) is 13.5. The number of phenols is 2. The summed E-state index contributed by atoms with van der Waals surface area (Å²) in [7, 11) is -5.17. The van der Waals surface area contributed by atoms with Crippen molar-refractivity contribution >= 4 is 56.5 Å². The summed E-state index contributed by atoms with van der Waals surface area (Å²) in [5, 5.41) is 20.3. The minimum atomic E-state index is -5.17. The highest BCUT2D eigenvalue weighted by Crippen LogP contribution is 2.54. The van der Waals surface area contributed by atoms with Crippen LogP contribution in [0.5, 0.6) is 11.5 Å². The number of aromatic hydroxyl groups is 2. The summed E-state index contributed by atoms with van der Waals surface area (Å²) < 4.78 is 34.0. The Morgan fingerprint density at radius 2 is 1.21 bits per heavy atom. The van der Waals surface area contributed by atoms with Gasteiger partial charge in [0.25, 0.3) is 10.1 Å². The van der Waals surface area contributed by atoms with E-state index in [9.17, 15) is 23.2 Å². The Bertz CT molecular complexity index is 1190. The molecule has 0 amide bonds. The van der Waals surface area contributed by atoms with Crippen LogP contribution in [0.1, 0.15) is 16.7 Å². The predicted molar refractivity (Wildman–Crippen MR) is 114 cm³/mol. The van der Waals surface area contributed by atoms with E-state index in [0.29, 0.717) is 0 Å². The van der Waals surface area contributed by atoms with Gasteiger partial charge in [0.2, 0.25) is 0 Å². The Kier molecular flexibility index (Phi) is 5.98. The molecule has 152 valence electrons. The van der Waals surface area contributed by atoms with Gasteiger partial charge in [0.05, 0.1) is 5.02 Å². The van der Waals surface area contributed by atoms with E-state index in [1.165, 1.54) is 36.4 Å². The normalized spacial score (nSPS) is 13.8. The number of hydrogen-bond donors (Lipinski definition) is 3. The molecule has 0 aromatic heterocycles. The average Bonchev–Trinajstić information content (AvgIpc) is 2.63. The van der Waals surface area contributed by atoms with Gasteiger partial charge in [-0.1, -0.05) is 76.7 Å². The maximum Gasteiger partial charge on any atom is 0.283 e. The zero-order chi connectivity index (χ0) is 21.6. The van der Waals surface area contributed by atoms with Gasteiger partial charge in [0.15, 0.2) is 16.2 Å². The molecular formula is C19H12Cl4O5S. The molecular weight excluding hydrogens is 482 g/mol. The van der Waals surface area contributed by atoms with Crippen molar-refractivity contribution in [1.82, 2.24) is 0 Å². The molecule has 1 unspecified atom stereocenters. The quantitative estimate of drug-likeness (QED) is 0.239. The Morgan fingerprint density at radius 3 is 1.76 bits per heavy atom. The molecule has 29 heavy (non-hydrogen) atoms. The molecule has 1 atom stereocenters. The first-order valence-electron chi connectivity index (χ1n) is 7.91. The molecule has 0 aliphatic carbocycles. The predicted octanol–water partition coefficient (Wildman–Crippen LogP) is 5.89. The Hall–Kier alpha value is -1.67. The van der Waals surface area contributed by atoms with Crippen LogP contribution in [0.4, 0.5) is 0 Å². The van der Waals surface area contributed by atoms with E-state index in [4.69, 9.17) is 46.4 Å². The first kappa shape index (κ1) is 22.0. The van der Waals surface area contributed by atoms with Gasteiger partial charge in [0.1, 0.15) is 0 Å². The highest BCUT2D eigenvalue weighted by Gasteiger charge is 2.53. The van der Waals surface area contributed by atoms with E-state index in [-0.39, 0.29) is 31.2 Å². The zero-order valence-corrected chi connectivity index (χ0v) is 18.1. The fraction of sp³-hybridized carbons (Fsp3) is 0.0526. The molecule has 0 radical (unpaired) electrons. The lowest BCUT2D eigenvalue weighted by Crippen LogP contribution is -2.39. The van der Waals surface area contributed by atoms with E-state index in [1.807, 2.05) is 0 Å². The smallest absolute Gasteiger partial charge is 0.283 e. The van der Waals surface area contributed by atoms with Crippen LogP contribution in [0, 0.1) is 0 Å². The summed E-state index contributed by atoms with van der Waals surface area (Å²) in [4.78, 5) is 0. The molecule has 0 saturated heterocycles. The molecule has 0 aliphatic rings. The van der Waals surface area contributed by atoms with Gasteiger partial charge in [-0.25, -0.2) is 0 Å². The van der Waals surface area contributed by atoms with Crippen molar-refractivity contribution < 1.29 is 23.2 Å². The molecule has 0 aliphatic heterocycles. The van der Waals surface area contributed by atoms with Crippen molar-refractivity contribution in [3.05, 3.63) is 91.4 Å². The highest BCUT2D eigenvalue weighted by molar-refractivity contribution is 7.87. The van der Waals surface area contributed by atoms with Crippen molar-refractivity contribution in [3.8, 4) is 11.5 Å². The molecule has 0 fully saturated rings. The molecule has 10 heteroatoms. The molecule has 0 saturated carbocycles. The molecule has 3 rings (SSSR count). The van der Waals surface area contributed by atoms with Crippen LogP contribution >= 0.6 is 46.4 Å². The molecule has 0 bridgehead atoms. The maximum atomic E-state index is 13.0. The second-order valence-electron chi connectivity index (χ2n) is 6.02. The number of hydrogen-bond acceptors (Lipinski definition) is 4. The van der Waals surface area contributed by atoms with Gasteiger partial charge < -0.3 is 10.2 Å². The van der Waals surface area contributed by atoms with Crippen molar-refractivity contribution in [1.29, 1.82) is 0 Å². The fourth-order valence-electron chi connectivity index (χ4n) is 3.24. The van der Waals surface area contributed by atoms with Crippen molar-refractivity contribution in [2.75, 3.05) is 0 Å². The van der Waals surface area contributed by atoms with E-state index in [1.54, 1.807) is 6.07 Å². The Labute approximate surface area is 186 Å². The summed E-state index contributed by atoms with van der Waals surface area (Å²) in [6.45, 7) is 0. The van der Waals surface area contributed by atoms with Crippen molar-refractivity contribution in [2.24, 2.45) is 0 Å². The van der Waals surface area contributed by atoms with Crippen LogP contribution < -0.4 is 0 Å². The monoisotopic (exact) mass is 492 g/mol. The number of rotatable bonds is 4. The second kappa shape index (κ2) is 7.87. The first-order valence-corrected chi connectivity index (χ1v) is 10.9. The average molecular weight is 494 g/mol. The number of halogens is 4. The Balaban J connectivity index is 2.68. The largest absolute Gasteiger partial charge is 0.504 e. The van der Waals surface area contributed by atoms with E-state index in [2.05, 4.69) is 0 Å². The molecule has 3 aromatic rings. The lowest BCUT2D eigenvalue weighted by atomic mass is 9.83. The minimum absolute atomic E-state index is 0.0602. The SMILES string of the molecule is O=S(=O)(O)C(c1ccccc1Cl)(c1ccc(Cl)c(O)c1O)c1c(Cl)cccc1Cl. The summed E-state index contributed by atoms with van der Waals surface area (Å²) in [6.07, 6.45) is 0. The van der Waals surface area contributed by atoms with E-state index >= 15 is 0 Å². The van der Waals surface area contributed by atoms with Crippen LogP contribution in [0.3, 0.4) is 0 Å². The fourth-order valence-corrected chi connectivity index (χ4v) is 5.90. The van der Waals surface area contributed by atoms with Gasteiger partial charge in [-0.05, 0) is 24.3 Å². The third kappa shape index (κ3) is 3.44. The van der Waals surface area contributed by atoms with E-state index in [0.717, 1.165) is 12.1 Å². The Morgan fingerprint density at radius 1 is 0.655 bits per heavy atom. The lowest BCUT2D eigenvalue weighted by molar-refractivity contribution is 0.394. The zero-order valence-electron chi connectivity index (χ0n) is 14.3. The van der Waals surface area contributed by atoms with Crippen LogP contribution in [0.2, 0.25) is 20.1 Å². The van der Waals surface area contributed by atoms with Crippen LogP contribution in [-0.4, -0.2) is 23.2 Å². The van der Waals surface area contributed by atoms with Crippen molar-refractivity contribution in [3.63, 3.8) is 0 Å². The third-order valence-electron chi connectivity index (χ3n) is 4.44. The number of benzene rings is 3. The summed E-state index contributed by atoms with van der Waals surface area (Å²) in [6, 6.07) is 12.3. The van der Waals surface area contributed by atoms with Gasteiger partial charge >= 0.3 is 0 Å². The minimum Gasteiger partial charge on any atom is -0.504 e.